The molecular formula is C18H25N5O2. The van der Waals surface area contributed by atoms with E-state index in [1.165, 1.54) is 0 Å². The molecule has 7 heteroatoms. The van der Waals surface area contributed by atoms with Crippen LogP contribution in [-0.2, 0) is 9.53 Å². The molecule has 4 rings (SSSR count). The SMILES string of the molecule is Cc1cc(N2CCC(C(=O)NC3CCOCC3)C2)n2nc(C)cc2n1. The molecule has 2 aromatic rings. The minimum atomic E-state index is 0.0306. The molecule has 2 fully saturated rings. The Morgan fingerprint density at radius 1 is 1.20 bits per heavy atom. The Morgan fingerprint density at radius 3 is 2.80 bits per heavy atom. The molecule has 0 aromatic carbocycles. The summed E-state index contributed by atoms with van der Waals surface area (Å²) in [6.45, 7) is 7.05. The Balaban J connectivity index is 1.48. The first kappa shape index (κ1) is 16.3. The topological polar surface area (TPSA) is 71.8 Å². The van der Waals surface area contributed by atoms with Gasteiger partial charge in [0.05, 0.1) is 11.6 Å². The van der Waals surface area contributed by atoms with Crippen molar-refractivity contribution in [3.8, 4) is 0 Å². The average Bonchev–Trinajstić information content (AvgIpc) is 3.21. The quantitative estimate of drug-likeness (QED) is 0.914. The zero-order valence-electron chi connectivity index (χ0n) is 14.9. The van der Waals surface area contributed by atoms with Crippen molar-refractivity contribution in [2.75, 3.05) is 31.2 Å². The van der Waals surface area contributed by atoms with Crippen LogP contribution in [0, 0.1) is 19.8 Å². The van der Waals surface area contributed by atoms with Crippen LogP contribution < -0.4 is 10.2 Å². The molecule has 1 N–H and O–H groups in total. The second-order valence-corrected chi connectivity index (χ2v) is 7.14. The van der Waals surface area contributed by atoms with Crippen molar-refractivity contribution in [2.24, 2.45) is 5.92 Å². The molecule has 2 saturated heterocycles. The predicted molar refractivity (Wildman–Crippen MR) is 94.8 cm³/mol. The molecule has 4 heterocycles. The molecule has 2 aliphatic heterocycles. The molecule has 25 heavy (non-hydrogen) atoms. The van der Waals surface area contributed by atoms with Gasteiger partial charge in [-0.25, -0.2) is 4.98 Å². The first-order chi connectivity index (χ1) is 12.1. The molecule has 0 radical (unpaired) electrons. The maximum absolute atomic E-state index is 12.6. The number of hydrogen-bond acceptors (Lipinski definition) is 5. The fourth-order valence-electron chi connectivity index (χ4n) is 3.76. The third-order valence-electron chi connectivity index (χ3n) is 5.11. The van der Waals surface area contributed by atoms with Gasteiger partial charge in [0.15, 0.2) is 5.65 Å². The van der Waals surface area contributed by atoms with Crippen LogP contribution in [-0.4, -0.2) is 52.9 Å². The minimum absolute atomic E-state index is 0.0306. The lowest BCUT2D eigenvalue weighted by Crippen LogP contribution is -2.42. The molecular weight excluding hydrogens is 318 g/mol. The molecule has 0 spiro atoms. The van der Waals surface area contributed by atoms with Crippen LogP contribution in [0.25, 0.3) is 5.65 Å². The lowest BCUT2D eigenvalue weighted by molar-refractivity contribution is -0.125. The van der Waals surface area contributed by atoms with E-state index in [-0.39, 0.29) is 17.9 Å². The van der Waals surface area contributed by atoms with Gasteiger partial charge in [0.2, 0.25) is 5.91 Å². The van der Waals surface area contributed by atoms with Crippen molar-refractivity contribution in [1.29, 1.82) is 0 Å². The van der Waals surface area contributed by atoms with Crippen molar-refractivity contribution < 1.29 is 9.53 Å². The summed E-state index contributed by atoms with van der Waals surface area (Å²) in [6.07, 6.45) is 2.70. The summed E-state index contributed by atoms with van der Waals surface area (Å²) in [7, 11) is 0. The van der Waals surface area contributed by atoms with Crippen LogP contribution in [0.15, 0.2) is 12.1 Å². The second kappa shape index (κ2) is 6.63. The number of rotatable bonds is 3. The summed E-state index contributed by atoms with van der Waals surface area (Å²) in [5.41, 5.74) is 2.78. The number of aryl methyl sites for hydroxylation is 2. The van der Waals surface area contributed by atoms with Crippen molar-refractivity contribution in [1.82, 2.24) is 19.9 Å². The zero-order chi connectivity index (χ0) is 17.4. The normalized spacial score (nSPS) is 21.8. The van der Waals surface area contributed by atoms with Gasteiger partial charge < -0.3 is 15.0 Å². The van der Waals surface area contributed by atoms with Crippen LogP contribution in [0.3, 0.4) is 0 Å². The Hall–Kier alpha value is -2.15. The van der Waals surface area contributed by atoms with Gasteiger partial charge in [0, 0.05) is 50.2 Å². The van der Waals surface area contributed by atoms with E-state index < -0.39 is 0 Å². The maximum Gasteiger partial charge on any atom is 0.225 e. The molecule has 7 nitrogen and oxygen atoms in total. The maximum atomic E-state index is 12.6. The van der Waals surface area contributed by atoms with Gasteiger partial charge in [0.1, 0.15) is 5.82 Å². The summed E-state index contributed by atoms with van der Waals surface area (Å²) < 4.78 is 7.25. The van der Waals surface area contributed by atoms with Gasteiger partial charge in [-0.15, -0.1) is 0 Å². The number of nitrogens with zero attached hydrogens (tertiary/aromatic N) is 4. The van der Waals surface area contributed by atoms with Crippen molar-refractivity contribution in [3.05, 3.63) is 23.5 Å². The van der Waals surface area contributed by atoms with E-state index in [1.807, 2.05) is 24.4 Å². The summed E-state index contributed by atoms with van der Waals surface area (Å²) in [5.74, 6) is 1.23. The smallest absolute Gasteiger partial charge is 0.225 e. The van der Waals surface area contributed by atoms with Crippen molar-refractivity contribution in [2.45, 2.75) is 39.2 Å². The van der Waals surface area contributed by atoms with E-state index in [0.717, 1.165) is 68.4 Å². The van der Waals surface area contributed by atoms with E-state index in [1.54, 1.807) is 0 Å². The highest BCUT2D eigenvalue weighted by Crippen LogP contribution is 2.25. The molecule has 2 aliphatic rings. The Bertz CT molecular complexity index is 781. The Labute approximate surface area is 147 Å². The van der Waals surface area contributed by atoms with Gasteiger partial charge in [-0.2, -0.15) is 9.61 Å². The number of carbonyl (C=O) groups excluding carboxylic acids is 1. The number of fused-ring (bicyclic) bond motifs is 1. The fraction of sp³-hybridized carbons (Fsp3) is 0.611. The highest BCUT2D eigenvalue weighted by Gasteiger charge is 2.31. The Morgan fingerprint density at radius 2 is 2.00 bits per heavy atom. The van der Waals surface area contributed by atoms with Crippen LogP contribution in [0.1, 0.15) is 30.7 Å². The Kier molecular flexibility index (Phi) is 4.33. The third-order valence-corrected chi connectivity index (χ3v) is 5.11. The van der Waals surface area contributed by atoms with E-state index in [0.29, 0.717) is 0 Å². The lowest BCUT2D eigenvalue weighted by atomic mass is 10.1. The van der Waals surface area contributed by atoms with Gasteiger partial charge in [-0.05, 0) is 33.1 Å². The van der Waals surface area contributed by atoms with Crippen molar-refractivity contribution in [3.63, 3.8) is 0 Å². The molecule has 1 amide bonds. The fourth-order valence-corrected chi connectivity index (χ4v) is 3.76. The van der Waals surface area contributed by atoms with Crippen LogP contribution >= 0.6 is 0 Å². The van der Waals surface area contributed by atoms with Crippen LogP contribution in [0.2, 0.25) is 0 Å². The van der Waals surface area contributed by atoms with E-state index in [9.17, 15) is 4.79 Å². The minimum Gasteiger partial charge on any atom is -0.381 e. The number of amides is 1. The monoisotopic (exact) mass is 343 g/mol. The molecule has 1 atom stereocenters. The average molecular weight is 343 g/mol. The second-order valence-electron chi connectivity index (χ2n) is 7.14. The molecule has 0 saturated carbocycles. The first-order valence-corrected chi connectivity index (χ1v) is 9.07. The highest BCUT2D eigenvalue weighted by atomic mass is 16.5. The summed E-state index contributed by atoms with van der Waals surface area (Å²) in [4.78, 5) is 19.4. The third kappa shape index (κ3) is 3.33. The molecule has 0 bridgehead atoms. The molecule has 0 aliphatic carbocycles. The molecule has 134 valence electrons. The number of aromatic nitrogens is 3. The number of ether oxygens (including phenoxy) is 1. The van der Waals surface area contributed by atoms with Gasteiger partial charge >= 0.3 is 0 Å². The largest absolute Gasteiger partial charge is 0.381 e. The molecule has 2 aromatic heterocycles. The highest BCUT2D eigenvalue weighted by molar-refractivity contribution is 5.80. The summed E-state index contributed by atoms with van der Waals surface area (Å²) in [5, 5.41) is 7.77. The first-order valence-electron chi connectivity index (χ1n) is 9.07. The summed E-state index contributed by atoms with van der Waals surface area (Å²) in [6, 6.07) is 4.30. The van der Waals surface area contributed by atoms with E-state index >= 15 is 0 Å². The standard InChI is InChI=1S/C18H25N5O2/c1-12-10-17(23-16(19-12)9-13(2)21-23)22-6-3-14(11-22)18(24)20-15-4-7-25-8-5-15/h9-10,14-15H,3-8,11H2,1-2H3,(H,20,24). The summed E-state index contributed by atoms with van der Waals surface area (Å²) >= 11 is 0. The number of nitrogens with one attached hydrogen (secondary N) is 1. The van der Waals surface area contributed by atoms with E-state index in [4.69, 9.17) is 4.74 Å². The number of carbonyl (C=O) groups is 1. The predicted octanol–water partition coefficient (Wildman–Crippen LogP) is 1.47. The van der Waals surface area contributed by atoms with Crippen molar-refractivity contribution >= 4 is 17.4 Å². The van der Waals surface area contributed by atoms with Gasteiger partial charge in [-0.3, -0.25) is 4.79 Å². The zero-order valence-corrected chi connectivity index (χ0v) is 14.9. The van der Waals surface area contributed by atoms with Crippen LogP contribution in [0.4, 0.5) is 5.82 Å². The van der Waals surface area contributed by atoms with Gasteiger partial charge in [-0.1, -0.05) is 0 Å². The lowest BCUT2D eigenvalue weighted by Gasteiger charge is -2.25. The number of hydrogen-bond donors (Lipinski definition) is 1. The number of anilines is 1. The van der Waals surface area contributed by atoms with E-state index in [2.05, 4.69) is 26.4 Å². The van der Waals surface area contributed by atoms with Gasteiger partial charge in [0.25, 0.3) is 0 Å². The molecule has 1 unspecified atom stereocenters. The van der Waals surface area contributed by atoms with Crippen LogP contribution in [0.5, 0.6) is 0 Å².